The average Bonchev–Trinajstić information content (AvgIpc) is 2.66. The Labute approximate surface area is 170 Å². The third kappa shape index (κ3) is 10.7. The minimum atomic E-state index is -0.955. The lowest BCUT2D eigenvalue weighted by Gasteiger charge is -2.32. The Hall–Kier alpha value is -1.54. The van der Waals surface area contributed by atoms with E-state index < -0.39 is 12.2 Å². The number of rotatable bonds is 17. The van der Waals surface area contributed by atoms with Gasteiger partial charge in [0.25, 0.3) is 0 Å². The molecule has 0 aromatic rings. The van der Waals surface area contributed by atoms with Crippen LogP contribution in [0.4, 0.5) is 9.59 Å². The molecule has 0 aliphatic carbocycles. The highest BCUT2D eigenvalue weighted by atomic mass is 16.4. The SMILES string of the molecule is CCC(CC)(CCNCCCCNCCC(CC)(CC)NC(=O)O)NC(=O)O. The summed E-state index contributed by atoms with van der Waals surface area (Å²) in [5, 5.41) is 30.2. The van der Waals surface area contributed by atoms with Crippen LogP contribution in [0.5, 0.6) is 0 Å². The van der Waals surface area contributed by atoms with Gasteiger partial charge in [-0.3, -0.25) is 0 Å². The Morgan fingerprint density at radius 3 is 1.21 bits per heavy atom. The second-order valence-electron chi connectivity index (χ2n) is 7.54. The zero-order chi connectivity index (χ0) is 21.5. The van der Waals surface area contributed by atoms with Gasteiger partial charge in [-0.05, 0) is 77.5 Å². The highest BCUT2D eigenvalue weighted by molar-refractivity contribution is 5.66. The maximum atomic E-state index is 11.0. The molecule has 166 valence electrons. The van der Waals surface area contributed by atoms with Gasteiger partial charge in [-0.25, -0.2) is 9.59 Å². The molecule has 0 fully saturated rings. The fourth-order valence-electron chi connectivity index (χ4n) is 3.54. The van der Waals surface area contributed by atoms with E-state index in [1.807, 2.05) is 27.7 Å². The Bertz CT molecular complexity index is 398. The van der Waals surface area contributed by atoms with E-state index in [9.17, 15) is 9.59 Å². The molecule has 0 spiro atoms. The lowest BCUT2D eigenvalue weighted by Crippen LogP contribution is -2.48. The van der Waals surface area contributed by atoms with Crippen LogP contribution in [-0.4, -0.2) is 59.7 Å². The van der Waals surface area contributed by atoms with Gasteiger partial charge >= 0.3 is 12.2 Å². The molecule has 0 heterocycles. The number of unbranched alkanes of at least 4 members (excludes halogenated alkanes) is 1. The van der Waals surface area contributed by atoms with Crippen molar-refractivity contribution in [2.45, 2.75) is 90.1 Å². The summed E-state index contributed by atoms with van der Waals surface area (Å²) in [6, 6.07) is 0. The monoisotopic (exact) mass is 402 g/mol. The molecule has 0 saturated heterocycles. The maximum Gasteiger partial charge on any atom is 0.405 e. The molecule has 0 aliphatic heterocycles. The third-order valence-corrected chi connectivity index (χ3v) is 5.97. The molecule has 0 bridgehead atoms. The van der Waals surface area contributed by atoms with Gasteiger partial charge in [-0.2, -0.15) is 0 Å². The van der Waals surface area contributed by atoms with Crippen molar-refractivity contribution in [3.8, 4) is 0 Å². The van der Waals surface area contributed by atoms with Gasteiger partial charge in [0.05, 0.1) is 0 Å². The summed E-state index contributed by atoms with van der Waals surface area (Å²) in [6.45, 7) is 11.5. The Kier molecular flexibility index (Phi) is 13.7. The van der Waals surface area contributed by atoms with Gasteiger partial charge in [0.2, 0.25) is 0 Å². The number of nitrogens with one attached hydrogen (secondary N) is 4. The minimum absolute atomic E-state index is 0.338. The molecule has 6 N–H and O–H groups in total. The predicted octanol–water partition coefficient (Wildman–Crippen LogP) is 3.38. The van der Waals surface area contributed by atoms with E-state index in [1.54, 1.807) is 0 Å². The molecule has 0 aliphatic rings. The molecule has 0 rings (SSSR count). The summed E-state index contributed by atoms with van der Waals surface area (Å²) < 4.78 is 0. The van der Waals surface area contributed by atoms with Gasteiger partial charge < -0.3 is 31.5 Å². The lowest BCUT2D eigenvalue weighted by molar-refractivity contribution is 0.169. The van der Waals surface area contributed by atoms with Crippen molar-refractivity contribution in [1.82, 2.24) is 21.3 Å². The standard InChI is InChI=1S/C20H42N4O4/c1-5-19(6-2,23-17(25)26)11-15-21-13-9-10-14-22-16-12-20(7-3,8-4)24-18(27)28/h21-24H,5-16H2,1-4H3,(H,25,26)(H,27,28). The van der Waals surface area contributed by atoms with Crippen molar-refractivity contribution >= 4 is 12.2 Å². The quantitative estimate of drug-likeness (QED) is 0.207. The van der Waals surface area contributed by atoms with Crippen molar-refractivity contribution in [1.29, 1.82) is 0 Å². The fraction of sp³-hybridized carbons (Fsp3) is 0.900. The zero-order valence-electron chi connectivity index (χ0n) is 18.2. The van der Waals surface area contributed by atoms with Crippen LogP contribution in [0.2, 0.25) is 0 Å². The first-order valence-corrected chi connectivity index (χ1v) is 10.7. The van der Waals surface area contributed by atoms with Crippen LogP contribution in [0.3, 0.4) is 0 Å². The van der Waals surface area contributed by atoms with Crippen molar-refractivity contribution in [2.24, 2.45) is 0 Å². The summed E-state index contributed by atoms with van der Waals surface area (Å²) in [7, 11) is 0. The maximum absolute atomic E-state index is 11.0. The summed E-state index contributed by atoms with van der Waals surface area (Å²) in [5.74, 6) is 0. The van der Waals surface area contributed by atoms with E-state index in [1.165, 1.54) is 0 Å². The lowest BCUT2D eigenvalue weighted by atomic mass is 9.89. The van der Waals surface area contributed by atoms with E-state index in [4.69, 9.17) is 10.2 Å². The normalized spacial score (nSPS) is 12.0. The molecular formula is C20H42N4O4. The molecule has 0 saturated carbocycles. The van der Waals surface area contributed by atoms with Crippen LogP contribution < -0.4 is 21.3 Å². The highest BCUT2D eigenvalue weighted by Crippen LogP contribution is 2.20. The van der Waals surface area contributed by atoms with E-state index in [0.29, 0.717) is 0 Å². The number of hydrogen-bond donors (Lipinski definition) is 6. The van der Waals surface area contributed by atoms with Crippen LogP contribution >= 0.6 is 0 Å². The second-order valence-corrected chi connectivity index (χ2v) is 7.54. The van der Waals surface area contributed by atoms with Gasteiger partial charge in [0.15, 0.2) is 0 Å². The minimum Gasteiger partial charge on any atom is -0.465 e. The molecule has 2 amide bonds. The van der Waals surface area contributed by atoms with Crippen molar-refractivity contribution in [3.05, 3.63) is 0 Å². The molecule has 0 unspecified atom stereocenters. The Morgan fingerprint density at radius 1 is 0.643 bits per heavy atom. The molecule has 28 heavy (non-hydrogen) atoms. The first-order valence-electron chi connectivity index (χ1n) is 10.7. The fourth-order valence-corrected chi connectivity index (χ4v) is 3.54. The highest BCUT2D eigenvalue weighted by Gasteiger charge is 2.28. The number of amides is 2. The number of hydrogen-bond acceptors (Lipinski definition) is 4. The molecule has 0 aromatic carbocycles. The number of carbonyl (C=O) groups is 2. The van der Waals surface area contributed by atoms with Gasteiger partial charge in [-0.1, -0.05) is 27.7 Å². The first-order chi connectivity index (χ1) is 13.3. The van der Waals surface area contributed by atoms with Gasteiger partial charge in [-0.15, -0.1) is 0 Å². The van der Waals surface area contributed by atoms with Crippen LogP contribution in [0.1, 0.15) is 79.1 Å². The van der Waals surface area contributed by atoms with Gasteiger partial charge in [0.1, 0.15) is 0 Å². The number of carboxylic acid groups (broad SMARTS) is 2. The van der Waals surface area contributed by atoms with E-state index in [2.05, 4.69) is 21.3 Å². The topological polar surface area (TPSA) is 123 Å². The second kappa shape index (κ2) is 14.5. The largest absolute Gasteiger partial charge is 0.465 e. The molecule has 0 aromatic heterocycles. The van der Waals surface area contributed by atoms with Gasteiger partial charge in [0, 0.05) is 11.1 Å². The van der Waals surface area contributed by atoms with Crippen LogP contribution in [0.15, 0.2) is 0 Å². The average molecular weight is 403 g/mol. The van der Waals surface area contributed by atoms with Crippen molar-refractivity contribution < 1.29 is 19.8 Å². The molecule has 8 nitrogen and oxygen atoms in total. The van der Waals surface area contributed by atoms with Crippen LogP contribution in [0, 0.1) is 0 Å². The Morgan fingerprint density at radius 2 is 0.964 bits per heavy atom. The van der Waals surface area contributed by atoms with Crippen LogP contribution in [0.25, 0.3) is 0 Å². The zero-order valence-corrected chi connectivity index (χ0v) is 18.2. The smallest absolute Gasteiger partial charge is 0.405 e. The van der Waals surface area contributed by atoms with E-state index >= 15 is 0 Å². The third-order valence-electron chi connectivity index (χ3n) is 5.97. The molecular weight excluding hydrogens is 360 g/mol. The summed E-state index contributed by atoms with van der Waals surface area (Å²) in [4.78, 5) is 21.9. The van der Waals surface area contributed by atoms with E-state index in [0.717, 1.165) is 77.5 Å². The van der Waals surface area contributed by atoms with Crippen LogP contribution in [-0.2, 0) is 0 Å². The predicted molar refractivity (Wildman–Crippen MR) is 113 cm³/mol. The Balaban J connectivity index is 3.87. The van der Waals surface area contributed by atoms with E-state index in [-0.39, 0.29) is 11.1 Å². The molecule has 0 atom stereocenters. The summed E-state index contributed by atoms with van der Waals surface area (Å²) in [5.41, 5.74) is -0.676. The summed E-state index contributed by atoms with van der Waals surface area (Å²) in [6.07, 6.45) is 4.91. The van der Waals surface area contributed by atoms with Crippen molar-refractivity contribution in [3.63, 3.8) is 0 Å². The van der Waals surface area contributed by atoms with Crippen molar-refractivity contribution in [2.75, 3.05) is 26.2 Å². The molecule has 8 heteroatoms. The molecule has 0 radical (unpaired) electrons. The first kappa shape index (κ1) is 26.5. The summed E-state index contributed by atoms with van der Waals surface area (Å²) >= 11 is 0.